The highest BCUT2D eigenvalue weighted by Gasteiger charge is 2.18. The van der Waals surface area contributed by atoms with E-state index >= 15 is 0 Å². The van der Waals surface area contributed by atoms with Gasteiger partial charge >= 0.3 is 0 Å². The first kappa shape index (κ1) is 13.9. The molecule has 0 rings (SSSR count). The van der Waals surface area contributed by atoms with E-state index in [-0.39, 0.29) is 11.8 Å². The number of nitrogens with two attached hydrogens (primary N) is 1. The number of methoxy groups -OCH3 is 1. The van der Waals surface area contributed by atoms with E-state index in [9.17, 15) is 9.59 Å². The average molecular weight is 217 g/mol. The van der Waals surface area contributed by atoms with E-state index in [1.54, 1.807) is 6.92 Å². The molecule has 88 valence electrons. The lowest BCUT2D eigenvalue weighted by molar-refractivity contribution is -0.129. The predicted molar refractivity (Wildman–Crippen MR) is 56.1 cm³/mol. The monoisotopic (exact) mass is 217 g/mol. The smallest absolute Gasteiger partial charge is 0.242 e. The zero-order valence-electron chi connectivity index (χ0n) is 9.37. The fourth-order valence-corrected chi connectivity index (χ4v) is 0.978. The number of rotatable bonds is 6. The van der Waals surface area contributed by atoms with Crippen molar-refractivity contribution in [1.82, 2.24) is 10.6 Å². The highest BCUT2D eigenvalue weighted by Crippen LogP contribution is 1.91. The Kier molecular flexibility index (Phi) is 6.64. The third kappa shape index (κ3) is 5.34. The number of carbonyl (C=O) groups is 2. The fourth-order valence-electron chi connectivity index (χ4n) is 0.978. The van der Waals surface area contributed by atoms with Crippen LogP contribution in [0.4, 0.5) is 0 Å². The lowest BCUT2D eigenvalue weighted by Crippen LogP contribution is -2.49. The molecule has 2 unspecified atom stereocenters. The normalized spacial score (nSPS) is 14.1. The molecular weight excluding hydrogens is 198 g/mol. The molecule has 0 aromatic rings. The molecule has 0 heterocycles. The number of carbonyl (C=O) groups excluding carboxylic acids is 2. The number of ether oxygens (including phenoxy) is 1. The van der Waals surface area contributed by atoms with Crippen molar-refractivity contribution >= 4 is 11.8 Å². The van der Waals surface area contributed by atoms with E-state index in [0.717, 1.165) is 0 Å². The van der Waals surface area contributed by atoms with Gasteiger partial charge in [-0.3, -0.25) is 9.59 Å². The summed E-state index contributed by atoms with van der Waals surface area (Å²) in [6.45, 7) is 2.02. The van der Waals surface area contributed by atoms with Crippen molar-refractivity contribution in [1.29, 1.82) is 0 Å². The van der Waals surface area contributed by atoms with Crippen LogP contribution in [-0.4, -0.2) is 44.7 Å². The van der Waals surface area contributed by atoms with Crippen molar-refractivity contribution in [2.75, 3.05) is 20.8 Å². The highest BCUT2D eigenvalue weighted by molar-refractivity contribution is 5.89. The SMILES string of the molecule is CNC(=O)C(C)NC(=O)C(N)CCOC. The molecular formula is C9H19N3O3. The summed E-state index contributed by atoms with van der Waals surface area (Å²) >= 11 is 0. The lowest BCUT2D eigenvalue weighted by Gasteiger charge is -2.16. The Hall–Kier alpha value is -1.14. The molecule has 2 amide bonds. The summed E-state index contributed by atoms with van der Waals surface area (Å²) in [4.78, 5) is 22.5. The van der Waals surface area contributed by atoms with Crippen LogP contribution >= 0.6 is 0 Å². The molecule has 0 aromatic heterocycles. The van der Waals surface area contributed by atoms with Crippen LogP contribution in [0.5, 0.6) is 0 Å². The van der Waals surface area contributed by atoms with Gasteiger partial charge in [0.1, 0.15) is 6.04 Å². The third-order valence-electron chi connectivity index (χ3n) is 1.97. The highest BCUT2D eigenvalue weighted by atomic mass is 16.5. The van der Waals surface area contributed by atoms with Gasteiger partial charge in [-0.2, -0.15) is 0 Å². The van der Waals surface area contributed by atoms with Gasteiger partial charge in [-0.15, -0.1) is 0 Å². The second-order valence-corrected chi connectivity index (χ2v) is 3.23. The minimum Gasteiger partial charge on any atom is -0.385 e. The van der Waals surface area contributed by atoms with E-state index in [4.69, 9.17) is 10.5 Å². The zero-order valence-corrected chi connectivity index (χ0v) is 9.37. The molecule has 0 fully saturated rings. The van der Waals surface area contributed by atoms with Gasteiger partial charge in [-0.1, -0.05) is 0 Å². The molecule has 0 aliphatic rings. The summed E-state index contributed by atoms with van der Waals surface area (Å²) in [5.74, 6) is -0.592. The topological polar surface area (TPSA) is 93.5 Å². The first-order chi connectivity index (χ1) is 7.02. The van der Waals surface area contributed by atoms with E-state index in [2.05, 4.69) is 10.6 Å². The number of hydrogen-bond acceptors (Lipinski definition) is 4. The van der Waals surface area contributed by atoms with Crippen molar-refractivity contribution in [2.45, 2.75) is 25.4 Å². The minimum atomic E-state index is -0.642. The quantitative estimate of drug-likeness (QED) is 0.510. The molecule has 4 N–H and O–H groups in total. The van der Waals surface area contributed by atoms with Crippen molar-refractivity contribution in [3.63, 3.8) is 0 Å². The number of nitrogens with one attached hydrogen (secondary N) is 2. The third-order valence-corrected chi connectivity index (χ3v) is 1.97. The van der Waals surface area contributed by atoms with E-state index in [1.165, 1.54) is 14.2 Å². The van der Waals surface area contributed by atoms with Crippen LogP contribution in [0.15, 0.2) is 0 Å². The second-order valence-electron chi connectivity index (χ2n) is 3.23. The van der Waals surface area contributed by atoms with Crippen LogP contribution < -0.4 is 16.4 Å². The maximum atomic E-state index is 11.4. The predicted octanol–water partition coefficient (Wildman–Crippen LogP) is -1.40. The van der Waals surface area contributed by atoms with Gasteiger partial charge in [0.2, 0.25) is 11.8 Å². The maximum absolute atomic E-state index is 11.4. The van der Waals surface area contributed by atoms with Crippen LogP contribution in [0.2, 0.25) is 0 Å². The molecule has 0 aliphatic heterocycles. The standard InChI is InChI=1S/C9H19N3O3/c1-6(8(13)11-2)12-9(14)7(10)4-5-15-3/h6-7H,4-5,10H2,1-3H3,(H,11,13)(H,12,14). The van der Waals surface area contributed by atoms with E-state index in [1.807, 2.05) is 0 Å². The first-order valence-corrected chi connectivity index (χ1v) is 4.79. The van der Waals surface area contributed by atoms with Gasteiger partial charge in [0.15, 0.2) is 0 Å². The summed E-state index contributed by atoms with van der Waals surface area (Å²) in [5, 5.41) is 4.94. The van der Waals surface area contributed by atoms with Gasteiger partial charge in [-0.25, -0.2) is 0 Å². The first-order valence-electron chi connectivity index (χ1n) is 4.79. The second kappa shape index (κ2) is 7.19. The van der Waals surface area contributed by atoms with Gasteiger partial charge in [-0.05, 0) is 13.3 Å². The summed E-state index contributed by atoms with van der Waals surface area (Å²) in [6, 6.07) is -1.21. The van der Waals surface area contributed by atoms with E-state index in [0.29, 0.717) is 13.0 Å². The molecule has 15 heavy (non-hydrogen) atoms. The number of amides is 2. The Morgan fingerprint density at radius 3 is 2.47 bits per heavy atom. The molecule has 0 saturated heterocycles. The molecule has 0 radical (unpaired) electrons. The summed E-state index contributed by atoms with van der Waals surface area (Å²) in [5.41, 5.74) is 5.57. The van der Waals surface area contributed by atoms with Gasteiger partial charge in [0, 0.05) is 20.8 Å². The molecule has 0 spiro atoms. The maximum Gasteiger partial charge on any atom is 0.242 e. The Bertz CT molecular complexity index is 221. The van der Waals surface area contributed by atoms with E-state index < -0.39 is 12.1 Å². The van der Waals surface area contributed by atoms with Crippen molar-refractivity contribution in [3.8, 4) is 0 Å². The fraction of sp³-hybridized carbons (Fsp3) is 0.778. The van der Waals surface area contributed by atoms with Gasteiger partial charge in [0.05, 0.1) is 6.04 Å². The molecule has 6 nitrogen and oxygen atoms in total. The Morgan fingerprint density at radius 1 is 1.40 bits per heavy atom. The Balaban J connectivity index is 3.95. The molecule has 6 heteroatoms. The van der Waals surface area contributed by atoms with Crippen LogP contribution in [0.1, 0.15) is 13.3 Å². The Labute approximate surface area is 89.5 Å². The van der Waals surface area contributed by atoms with Crippen LogP contribution in [-0.2, 0) is 14.3 Å². The summed E-state index contributed by atoms with van der Waals surface area (Å²) < 4.78 is 4.80. The Morgan fingerprint density at radius 2 is 2.00 bits per heavy atom. The zero-order chi connectivity index (χ0) is 11.8. The molecule has 2 atom stereocenters. The summed E-state index contributed by atoms with van der Waals surface area (Å²) in [7, 11) is 3.05. The van der Waals surface area contributed by atoms with Crippen molar-refractivity contribution < 1.29 is 14.3 Å². The van der Waals surface area contributed by atoms with Crippen molar-refractivity contribution in [3.05, 3.63) is 0 Å². The van der Waals surface area contributed by atoms with Crippen LogP contribution in [0, 0.1) is 0 Å². The average Bonchev–Trinajstić information content (AvgIpc) is 2.24. The molecule has 0 aromatic carbocycles. The number of likely N-dealkylation sites (N-methyl/N-ethyl adjacent to an activating group) is 1. The van der Waals surface area contributed by atoms with Gasteiger partial charge < -0.3 is 21.1 Å². The minimum absolute atomic E-state index is 0.248. The largest absolute Gasteiger partial charge is 0.385 e. The molecule has 0 aliphatic carbocycles. The lowest BCUT2D eigenvalue weighted by atomic mass is 10.2. The van der Waals surface area contributed by atoms with Crippen molar-refractivity contribution in [2.24, 2.45) is 5.73 Å². The summed E-state index contributed by atoms with van der Waals surface area (Å²) in [6.07, 6.45) is 0.433. The molecule has 0 bridgehead atoms. The molecule has 0 saturated carbocycles. The van der Waals surface area contributed by atoms with Gasteiger partial charge in [0.25, 0.3) is 0 Å². The van der Waals surface area contributed by atoms with Crippen LogP contribution in [0.3, 0.4) is 0 Å². The van der Waals surface area contributed by atoms with Crippen LogP contribution in [0.25, 0.3) is 0 Å². The number of hydrogen-bond donors (Lipinski definition) is 3.